The summed E-state index contributed by atoms with van der Waals surface area (Å²) in [6.07, 6.45) is 0. The number of hydrogen-bond acceptors (Lipinski definition) is 2. The molecule has 2 N–H and O–H groups in total. The van der Waals surface area contributed by atoms with Crippen molar-refractivity contribution in [3.05, 3.63) is 28.8 Å². The van der Waals surface area contributed by atoms with Gasteiger partial charge >= 0.3 is 0 Å². The van der Waals surface area contributed by atoms with Crippen LogP contribution in [-0.2, 0) is 0 Å². The van der Waals surface area contributed by atoms with Gasteiger partial charge in [0.2, 0.25) is 0 Å². The van der Waals surface area contributed by atoms with Gasteiger partial charge in [0.25, 0.3) is 0 Å². The molecular weight excluding hydrogens is 252 g/mol. The topological polar surface area (TPSA) is 29.3 Å². The summed E-state index contributed by atoms with van der Waals surface area (Å²) in [6, 6.07) is 6.06. The largest absolute Gasteiger partial charge is 0.389 e. The lowest BCUT2D eigenvalue weighted by atomic mass is 10.0. The van der Waals surface area contributed by atoms with Gasteiger partial charge in [0, 0.05) is 29.4 Å². The van der Waals surface area contributed by atoms with Gasteiger partial charge in [0.15, 0.2) is 0 Å². The number of anilines is 1. The Labute approximate surface area is 114 Å². The van der Waals surface area contributed by atoms with E-state index >= 15 is 0 Å². The maximum Gasteiger partial charge on any atom is 0.106 e. The molecule has 1 rings (SSSR count). The Morgan fingerprint density at radius 1 is 1.35 bits per heavy atom. The number of nitrogens with two attached hydrogens (primary N) is 1. The van der Waals surface area contributed by atoms with Crippen LogP contribution in [-0.4, -0.2) is 18.1 Å². The van der Waals surface area contributed by atoms with Crippen molar-refractivity contribution in [1.82, 2.24) is 0 Å². The molecule has 0 radical (unpaired) electrons. The minimum atomic E-state index is 0.380. The molecule has 1 atom stereocenters. The molecule has 0 heterocycles. The van der Waals surface area contributed by atoms with Gasteiger partial charge in [-0.05, 0) is 31.0 Å². The molecule has 0 aliphatic heterocycles. The van der Waals surface area contributed by atoms with Crippen LogP contribution in [0, 0.1) is 5.92 Å². The fraction of sp³-hybridized carbons (Fsp3) is 0.462. The molecule has 0 amide bonds. The lowest BCUT2D eigenvalue weighted by Crippen LogP contribution is -2.34. The smallest absolute Gasteiger partial charge is 0.106 e. The number of halogens is 1. The first-order valence-electron chi connectivity index (χ1n) is 5.66. The Kier molecular flexibility index (Phi) is 4.78. The van der Waals surface area contributed by atoms with Crippen molar-refractivity contribution in [2.45, 2.75) is 26.8 Å². The molecule has 1 unspecified atom stereocenters. The van der Waals surface area contributed by atoms with Crippen LogP contribution >= 0.6 is 23.8 Å². The molecule has 94 valence electrons. The van der Waals surface area contributed by atoms with E-state index in [1.54, 1.807) is 0 Å². The van der Waals surface area contributed by atoms with Crippen molar-refractivity contribution in [3.63, 3.8) is 0 Å². The molecule has 1 aromatic carbocycles. The van der Waals surface area contributed by atoms with Crippen LogP contribution in [0.3, 0.4) is 0 Å². The number of rotatable bonds is 4. The first-order chi connectivity index (χ1) is 7.84. The highest BCUT2D eigenvalue weighted by molar-refractivity contribution is 7.80. The highest BCUT2D eigenvalue weighted by atomic mass is 35.5. The van der Waals surface area contributed by atoms with E-state index in [9.17, 15) is 0 Å². The van der Waals surface area contributed by atoms with Gasteiger partial charge in [0.05, 0.1) is 0 Å². The Balaban J connectivity index is 3.17. The summed E-state index contributed by atoms with van der Waals surface area (Å²) in [5, 5.41) is 0.655. The lowest BCUT2D eigenvalue weighted by molar-refractivity contribution is 0.505. The molecule has 0 bridgehead atoms. The summed E-state index contributed by atoms with van der Waals surface area (Å²) < 4.78 is 0. The third-order valence-corrected chi connectivity index (χ3v) is 3.63. The molecule has 0 saturated carbocycles. The SMILES string of the molecule is CC(C)C(C)N(C)c1ccc(Cl)cc1C(N)=S. The summed E-state index contributed by atoms with van der Waals surface area (Å²) >= 11 is 11.0. The normalized spacial score (nSPS) is 12.6. The molecule has 0 spiro atoms. The number of hydrogen-bond donors (Lipinski definition) is 1. The summed E-state index contributed by atoms with van der Waals surface area (Å²) in [4.78, 5) is 2.57. The third kappa shape index (κ3) is 3.33. The Hall–Kier alpha value is -0.800. The number of thiocarbonyl (C=S) groups is 1. The molecule has 2 nitrogen and oxygen atoms in total. The molecule has 4 heteroatoms. The van der Waals surface area contributed by atoms with E-state index in [-0.39, 0.29) is 0 Å². The fourth-order valence-electron chi connectivity index (χ4n) is 1.68. The van der Waals surface area contributed by atoms with Crippen LogP contribution in [0.15, 0.2) is 18.2 Å². The minimum absolute atomic E-state index is 0.380. The molecule has 0 aromatic heterocycles. The van der Waals surface area contributed by atoms with Crippen LogP contribution in [0.2, 0.25) is 5.02 Å². The average molecular weight is 271 g/mol. The molecule has 17 heavy (non-hydrogen) atoms. The van der Waals surface area contributed by atoms with Gasteiger partial charge in [-0.2, -0.15) is 0 Å². The predicted octanol–water partition coefficient (Wildman–Crippen LogP) is 3.45. The summed E-state index contributed by atoms with van der Waals surface area (Å²) in [5.74, 6) is 0.551. The van der Waals surface area contributed by atoms with Crippen LogP contribution < -0.4 is 10.6 Å². The van der Waals surface area contributed by atoms with E-state index in [0.717, 1.165) is 11.3 Å². The van der Waals surface area contributed by atoms with Crippen molar-refractivity contribution < 1.29 is 0 Å². The molecule has 1 aromatic rings. The van der Waals surface area contributed by atoms with Crippen molar-refractivity contribution >= 4 is 34.5 Å². The summed E-state index contributed by atoms with van der Waals surface area (Å²) in [5.41, 5.74) is 7.61. The van der Waals surface area contributed by atoms with E-state index in [1.165, 1.54) is 0 Å². The second-order valence-corrected chi connectivity index (χ2v) is 5.50. The van der Waals surface area contributed by atoms with E-state index in [4.69, 9.17) is 29.6 Å². The molecule has 0 saturated heterocycles. The van der Waals surface area contributed by atoms with E-state index in [2.05, 4.69) is 32.7 Å². The third-order valence-electron chi connectivity index (χ3n) is 3.18. The first-order valence-corrected chi connectivity index (χ1v) is 6.45. The summed E-state index contributed by atoms with van der Waals surface area (Å²) in [7, 11) is 2.05. The molecule has 0 fully saturated rings. The van der Waals surface area contributed by atoms with E-state index < -0.39 is 0 Å². The van der Waals surface area contributed by atoms with Crippen molar-refractivity contribution in [2.24, 2.45) is 11.7 Å². The minimum Gasteiger partial charge on any atom is -0.389 e. The Morgan fingerprint density at radius 2 is 1.94 bits per heavy atom. The molecular formula is C13H19ClN2S. The average Bonchev–Trinajstić information content (AvgIpc) is 2.26. The number of benzene rings is 1. The van der Waals surface area contributed by atoms with Crippen molar-refractivity contribution in [3.8, 4) is 0 Å². The predicted molar refractivity (Wildman–Crippen MR) is 80.0 cm³/mol. The molecule has 0 aliphatic carbocycles. The summed E-state index contributed by atoms with van der Waals surface area (Å²) in [6.45, 7) is 6.57. The van der Waals surface area contributed by atoms with Gasteiger partial charge in [-0.1, -0.05) is 37.7 Å². The highest BCUT2D eigenvalue weighted by Gasteiger charge is 2.17. The Bertz CT molecular complexity index is 418. The quantitative estimate of drug-likeness (QED) is 0.850. The lowest BCUT2D eigenvalue weighted by Gasteiger charge is -2.31. The fourth-order valence-corrected chi connectivity index (χ4v) is 2.02. The van der Waals surface area contributed by atoms with Crippen molar-refractivity contribution in [2.75, 3.05) is 11.9 Å². The second-order valence-electron chi connectivity index (χ2n) is 4.62. The maximum atomic E-state index is 5.97. The standard InChI is InChI=1S/C13H19ClN2S/c1-8(2)9(3)16(4)12-6-5-10(14)7-11(12)13(15)17/h5-9H,1-4H3,(H2,15,17). The maximum absolute atomic E-state index is 5.97. The van der Waals surface area contributed by atoms with Gasteiger partial charge < -0.3 is 10.6 Å². The zero-order chi connectivity index (χ0) is 13.2. The number of nitrogens with zero attached hydrogens (tertiary/aromatic N) is 1. The first kappa shape index (κ1) is 14.3. The zero-order valence-electron chi connectivity index (χ0n) is 10.7. The van der Waals surface area contributed by atoms with Gasteiger partial charge in [0.1, 0.15) is 4.99 Å². The van der Waals surface area contributed by atoms with Crippen LogP contribution in [0.5, 0.6) is 0 Å². The monoisotopic (exact) mass is 270 g/mol. The van der Waals surface area contributed by atoms with Gasteiger partial charge in [-0.25, -0.2) is 0 Å². The van der Waals surface area contributed by atoms with Crippen molar-refractivity contribution in [1.29, 1.82) is 0 Å². The second kappa shape index (κ2) is 5.69. The zero-order valence-corrected chi connectivity index (χ0v) is 12.3. The van der Waals surface area contributed by atoms with E-state index in [0.29, 0.717) is 22.0 Å². The van der Waals surface area contributed by atoms with Gasteiger partial charge in [-0.15, -0.1) is 0 Å². The molecule has 0 aliphatic rings. The van der Waals surface area contributed by atoms with Crippen LogP contribution in [0.4, 0.5) is 5.69 Å². The van der Waals surface area contributed by atoms with E-state index in [1.807, 2.05) is 18.2 Å². The van der Waals surface area contributed by atoms with Crippen LogP contribution in [0.25, 0.3) is 0 Å². The van der Waals surface area contributed by atoms with Gasteiger partial charge in [-0.3, -0.25) is 0 Å². The Morgan fingerprint density at radius 3 is 2.41 bits per heavy atom. The highest BCUT2D eigenvalue weighted by Crippen LogP contribution is 2.26. The van der Waals surface area contributed by atoms with Crippen LogP contribution in [0.1, 0.15) is 26.3 Å².